The highest BCUT2D eigenvalue weighted by Crippen LogP contribution is 2.27. The van der Waals surface area contributed by atoms with E-state index in [1.54, 1.807) is 6.92 Å². The molecule has 1 aliphatic rings. The molecular weight excluding hydrogens is 236 g/mol. The summed E-state index contributed by atoms with van der Waals surface area (Å²) >= 11 is 5.15. The third kappa shape index (κ3) is 3.64. The molecular formula is C12H22N2O2S. The number of nitrogens with one attached hydrogen (secondary N) is 1. The van der Waals surface area contributed by atoms with E-state index in [0.717, 1.165) is 25.7 Å². The predicted molar refractivity (Wildman–Crippen MR) is 71.8 cm³/mol. The number of amides is 1. The third-order valence-corrected chi connectivity index (χ3v) is 3.90. The van der Waals surface area contributed by atoms with Crippen LogP contribution < -0.4 is 11.1 Å². The molecule has 1 aliphatic carbocycles. The van der Waals surface area contributed by atoms with Crippen molar-refractivity contribution < 1.29 is 9.53 Å². The zero-order valence-electron chi connectivity index (χ0n) is 10.6. The van der Waals surface area contributed by atoms with E-state index in [1.807, 2.05) is 0 Å². The lowest BCUT2D eigenvalue weighted by molar-refractivity contribution is -0.131. The standard InChI is InChI=1S/C12H22N2O2S/c1-9(16-2)10(15)14-12(11(13)17)7-5-3-4-6-8-12/h9H,3-8H2,1-2H3,(H2,13,17)(H,14,15). The van der Waals surface area contributed by atoms with E-state index in [2.05, 4.69) is 5.32 Å². The van der Waals surface area contributed by atoms with Crippen molar-refractivity contribution in [2.75, 3.05) is 7.11 Å². The van der Waals surface area contributed by atoms with Gasteiger partial charge in [-0.3, -0.25) is 4.79 Å². The molecule has 1 atom stereocenters. The van der Waals surface area contributed by atoms with E-state index in [9.17, 15) is 4.79 Å². The van der Waals surface area contributed by atoms with Crippen LogP contribution in [0.15, 0.2) is 0 Å². The molecule has 0 saturated heterocycles. The highest BCUT2D eigenvalue weighted by atomic mass is 32.1. The molecule has 0 aromatic carbocycles. The van der Waals surface area contributed by atoms with Crippen LogP contribution in [0.1, 0.15) is 45.4 Å². The molecule has 98 valence electrons. The topological polar surface area (TPSA) is 64.3 Å². The van der Waals surface area contributed by atoms with Crippen LogP contribution in [0, 0.1) is 0 Å². The van der Waals surface area contributed by atoms with Gasteiger partial charge in [-0.1, -0.05) is 37.9 Å². The quantitative estimate of drug-likeness (QED) is 0.593. The Kier molecular flexibility index (Phi) is 5.33. The summed E-state index contributed by atoms with van der Waals surface area (Å²) in [6, 6.07) is 0. The van der Waals surface area contributed by atoms with Crippen molar-refractivity contribution in [1.82, 2.24) is 5.32 Å². The lowest BCUT2D eigenvalue weighted by Crippen LogP contribution is -2.58. The molecule has 3 N–H and O–H groups in total. The Morgan fingerprint density at radius 2 is 1.88 bits per heavy atom. The molecule has 5 heteroatoms. The van der Waals surface area contributed by atoms with Crippen LogP contribution in [-0.2, 0) is 9.53 Å². The number of nitrogens with two attached hydrogens (primary N) is 1. The van der Waals surface area contributed by atoms with Gasteiger partial charge >= 0.3 is 0 Å². The van der Waals surface area contributed by atoms with Gasteiger partial charge in [0.2, 0.25) is 5.91 Å². The summed E-state index contributed by atoms with van der Waals surface area (Å²) in [5.41, 5.74) is 5.33. The molecule has 0 aliphatic heterocycles. The number of carbonyl (C=O) groups excluding carboxylic acids is 1. The van der Waals surface area contributed by atoms with Gasteiger partial charge in [-0.25, -0.2) is 0 Å². The van der Waals surface area contributed by atoms with Crippen molar-refractivity contribution in [1.29, 1.82) is 0 Å². The first kappa shape index (κ1) is 14.4. The summed E-state index contributed by atoms with van der Waals surface area (Å²) in [5.74, 6) is -0.137. The number of hydrogen-bond acceptors (Lipinski definition) is 3. The van der Waals surface area contributed by atoms with E-state index < -0.39 is 11.6 Å². The SMILES string of the molecule is COC(C)C(=O)NC1(C(N)=S)CCCCCC1. The van der Waals surface area contributed by atoms with Gasteiger partial charge in [-0.2, -0.15) is 0 Å². The van der Waals surface area contributed by atoms with Gasteiger partial charge in [-0.15, -0.1) is 0 Å². The molecule has 1 amide bonds. The van der Waals surface area contributed by atoms with Crippen LogP contribution in [-0.4, -0.2) is 29.6 Å². The highest BCUT2D eigenvalue weighted by molar-refractivity contribution is 7.80. The second-order valence-electron chi connectivity index (χ2n) is 4.73. The summed E-state index contributed by atoms with van der Waals surface area (Å²) in [4.78, 5) is 12.3. The average Bonchev–Trinajstić information content (AvgIpc) is 2.54. The lowest BCUT2D eigenvalue weighted by Gasteiger charge is -2.33. The van der Waals surface area contributed by atoms with Crippen molar-refractivity contribution in [3.63, 3.8) is 0 Å². The maximum atomic E-state index is 11.9. The van der Waals surface area contributed by atoms with Gasteiger partial charge in [0, 0.05) is 7.11 Å². The Hall–Kier alpha value is -0.680. The highest BCUT2D eigenvalue weighted by Gasteiger charge is 2.36. The summed E-state index contributed by atoms with van der Waals surface area (Å²) in [6.07, 6.45) is 5.68. The fraction of sp³-hybridized carbons (Fsp3) is 0.833. The van der Waals surface area contributed by atoms with Crippen molar-refractivity contribution in [3.8, 4) is 0 Å². The third-order valence-electron chi connectivity index (χ3n) is 3.51. The molecule has 0 radical (unpaired) electrons. The summed E-state index contributed by atoms with van der Waals surface area (Å²) in [5, 5.41) is 2.99. The van der Waals surface area contributed by atoms with Gasteiger partial charge in [0.05, 0.1) is 10.5 Å². The van der Waals surface area contributed by atoms with Crippen LogP contribution in [0.5, 0.6) is 0 Å². The summed E-state index contributed by atoms with van der Waals surface area (Å²) < 4.78 is 5.01. The van der Waals surface area contributed by atoms with Crippen LogP contribution in [0.3, 0.4) is 0 Å². The normalized spacial score (nSPS) is 21.3. The zero-order chi connectivity index (χ0) is 12.9. The first-order valence-electron chi connectivity index (χ1n) is 6.16. The number of rotatable bonds is 4. The Bertz CT molecular complexity index is 286. The Morgan fingerprint density at radius 1 is 1.35 bits per heavy atom. The number of methoxy groups -OCH3 is 1. The van der Waals surface area contributed by atoms with Crippen molar-refractivity contribution >= 4 is 23.1 Å². The largest absolute Gasteiger partial charge is 0.391 e. The first-order chi connectivity index (χ1) is 8.02. The molecule has 0 aromatic heterocycles. The maximum absolute atomic E-state index is 11.9. The summed E-state index contributed by atoms with van der Waals surface area (Å²) in [7, 11) is 1.52. The van der Waals surface area contributed by atoms with E-state index in [1.165, 1.54) is 20.0 Å². The molecule has 17 heavy (non-hydrogen) atoms. The van der Waals surface area contributed by atoms with Crippen molar-refractivity contribution in [2.24, 2.45) is 5.73 Å². The Morgan fingerprint density at radius 3 is 2.29 bits per heavy atom. The molecule has 1 saturated carbocycles. The zero-order valence-corrected chi connectivity index (χ0v) is 11.4. The van der Waals surface area contributed by atoms with Gasteiger partial charge in [0.1, 0.15) is 6.10 Å². The van der Waals surface area contributed by atoms with Gasteiger partial charge in [-0.05, 0) is 19.8 Å². The molecule has 0 spiro atoms. The smallest absolute Gasteiger partial charge is 0.249 e. The van der Waals surface area contributed by atoms with Crippen molar-refractivity contribution in [3.05, 3.63) is 0 Å². The monoisotopic (exact) mass is 258 g/mol. The van der Waals surface area contributed by atoms with Crippen LogP contribution in [0.4, 0.5) is 0 Å². The second-order valence-corrected chi connectivity index (χ2v) is 5.17. The average molecular weight is 258 g/mol. The van der Waals surface area contributed by atoms with Crippen LogP contribution in [0.25, 0.3) is 0 Å². The van der Waals surface area contributed by atoms with E-state index in [4.69, 9.17) is 22.7 Å². The van der Waals surface area contributed by atoms with E-state index in [0.29, 0.717) is 4.99 Å². The Balaban J connectivity index is 2.77. The minimum Gasteiger partial charge on any atom is -0.391 e. The second kappa shape index (κ2) is 6.31. The molecule has 1 fully saturated rings. The molecule has 0 heterocycles. The molecule has 0 aromatic rings. The van der Waals surface area contributed by atoms with Crippen LogP contribution >= 0.6 is 12.2 Å². The lowest BCUT2D eigenvalue weighted by atomic mass is 9.89. The van der Waals surface area contributed by atoms with Gasteiger partial charge < -0.3 is 15.8 Å². The Labute approximate surface area is 108 Å². The molecule has 4 nitrogen and oxygen atoms in total. The molecule has 0 bridgehead atoms. The maximum Gasteiger partial charge on any atom is 0.249 e. The minimum atomic E-state index is -0.504. The van der Waals surface area contributed by atoms with Gasteiger partial charge in [0.25, 0.3) is 0 Å². The number of carbonyl (C=O) groups is 1. The number of hydrogen-bond donors (Lipinski definition) is 2. The number of ether oxygens (including phenoxy) is 1. The predicted octanol–water partition coefficient (Wildman–Crippen LogP) is 1.52. The molecule has 1 unspecified atom stereocenters. The number of thiocarbonyl (C=S) groups is 1. The van der Waals surface area contributed by atoms with E-state index >= 15 is 0 Å². The fourth-order valence-corrected chi connectivity index (χ4v) is 2.46. The van der Waals surface area contributed by atoms with E-state index in [-0.39, 0.29) is 5.91 Å². The molecule has 1 rings (SSSR count). The minimum absolute atomic E-state index is 0.137. The fourth-order valence-electron chi connectivity index (χ4n) is 2.21. The van der Waals surface area contributed by atoms with Crippen LogP contribution in [0.2, 0.25) is 0 Å². The first-order valence-corrected chi connectivity index (χ1v) is 6.57. The summed E-state index contributed by atoms with van der Waals surface area (Å²) in [6.45, 7) is 1.72. The van der Waals surface area contributed by atoms with Gasteiger partial charge in [0.15, 0.2) is 0 Å². The van der Waals surface area contributed by atoms with Crippen molar-refractivity contribution in [2.45, 2.75) is 57.1 Å².